The van der Waals surface area contributed by atoms with Crippen LogP contribution in [0.15, 0.2) is 42.5 Å². The molecule has 0 aliphatic carbocycles. The Kier molecular flexibility index (Phi) is 4.90. The van der Waals surface area contributed by atoms with Crippen molar-refractivity contribution in [3.05, 3.63) is 59.4 Å². The predicted molar refractivity (Wildman–Crippen MR) is 77.6 cm³/mol. The normalized spacial score (nSPS) is 10.2. The second-order valence-corrected chi connectivity index (χ2v) is 4.61. The van der Waals surface area contributed by atoms with Crippen LogP contribution in [0.3, 0.4) is 0 Å². The van der Waals surface area contributed by atoms with Crippen LogP contribution in [0.5, 0.6) is 5.75 Å². The van der Waals surface area contributed by atoms with Gasteiger partial charge in [0.05, 0.1) is 6.61 Å². The summed E-state index contributed by atoms with van der Waals surface area (Å²) in [6, 6.07) is 11.3. The molecule has 2 N–H and O–H groups in total. The van der Waals surface area contributed by atoms with Gasteiger partial charge in [-0.15, -0.1) is 0 Å². The molecule has 0 aliphatic heterocycles. The number of hydrogen-bond acceptors (Lipinski definition) is 3. The van der Waals surface area contributed by atoms with Crippen molar-refractivity contribution >= 4 is 11.6 Å². The van der Waals surface area contributed by atoms with Gasteiger partial charge in [-0.05, 0) is 42.3 Å². The second-order valence-electron chi connectivity index (χ2n) is 4.61. The van der Waals surface area contributed by atoms with E-state index >= 15 is 0 Å². The zero-order chi connectivity index (χ0) is 15.2. The molecule has 2 aromatic rings. The molecule has 0 saturated heterocycles. The molecule has 1 amide bonds. The molecule has 0 spiro atoms. The number of carbonyl (C=O) groups is 1. The van der Waals surface area contributed by atoms with E-state index in [4.69, 9.17) is 9.84 Å². The fourth-order valence-electron chi connectivity index (χ4n) is 1.75. The Bertz CT molecular complexity index is 643. The predicted octanol–water partition coefficient (Wildman–Crippen LogP) is 2.64. The fraction of sp³-hybridized carbons (Fsp3) is 0.188. The summed E-state index contributed by atoms with van der Waals surface area (Å²) in [5, 5.41) is 11.6. The van der Waals surface area contributed by atoms with Crippen molar-refractivity contribution in [1.82, 2.24) is 0 Å². The van der Waals surface area contributed by atoms with Crippen molar-refractivity contribution in [3.8, 4) is 5.75 Å². The number of aliphatic hydroxyl groups excluding tert-OH is 1. The SMILES string of the molecule is Cc1ccc(NC(=O)COc2cccc(CO)c2)cc1F. The van der Waals surface area contributed by atoms with Crippen LogP contribution >= 0.6 is 0 Å². The lowest BCUT2D eigenvalue weighted by Gasteiger charge is -2.09. The highest BCUT2D eigenvalue weighted by Gasteiger charge is 2.06. The lowest BCUT2D eigenvalue weighted by molar-refractivity contribution is -0.118. The van der Waals surface area contributed by atoms with E-state index in [1.165, 1.54) is 6.07 Å². The van der Waals surface area contributed by atoms with E-state index in [2.05, 4.69) is 5.32 Å². The summed E-state index contributed by atoms with van der Waals surface area (Å²) in [5.41, 5.74) is 1.61. The van der Waals surface area contributed by atoms with Crippen LogP contribution in [0.1, 0.15) is 11.1 Å². The van der Waals surface area contributed by atoms with Crippen LogP contribution in [0.2, 0.25) is 0 Å². The van der Waals surface area contributed by atoms with E-state index in [0.717, 1.165) is 0 Å². The van der Waals surface area contributed by atoms with E-state index in [1.54, 1.807) is 43.3 Å². The number of amides is 1. The third kappa shape index (κ3) is 4.29. The first-order chi connectivity index (χ1) is 10.1. The Morgan fingerprint density at radius 2 is 2.10 bits per heavy atom. The average Bonchev–Trinajstić information content (AvgIpc) is 2.49. The highest BCUT2D eigenvalue weighted by molar-refractivity contribution is 5.91. The monoisotopic (exact) mass is 289 g/mol. The minimum atomic E-state index is -0.382. The molecule has 0 fully saturated rings. The van der Waals surface area contributed by atoms with Gasteiger partial charge in [-0.3, -0.25) is 4.79 Å². The van der Waals surface area contributed by atoms with Crippen molar-refractivity contribution in [2.75, 3.05) is 11.9 Å². The van der Waals surface area contributed by atoms with Gasteiger partial charge in [-0.2, -0.15) is 0 Å². The third-order valence-electron chi connectivity index (χ3n) is 2.91. The molecule has 21 heavy (non-hydrogen) atoms. The Morgan fingerprint density at radius 1 is 1.29 bits per heavy atom. The Morgan fingerprint density at radius 3 is 2.81 bits per heavy atom. The zero-order valence-electron chi connectivity index (χ0n) is 11.6. The summed E-state index contributed by atoms with van der Waals surface area (Å²) in [4.78, 5) is 11.7. The van der Waals surface area contributed by atoms with Crippen molar-refractivity contribution in [2.45, 2.75) is 13.5 Å². The molecule has 0 bridgehead atoms. The lowest BCUT2D eigenvalue weighted by Crippen LogP contribution is -2.20. The van der Waals surface area contributed by atoms with Crippen molar-refractivity contribution in [3.63, 3.8) is 0 Å². The van der Waals surface area contributed by atoms with E-state index in [1.807, 2.05) is 0 Å². The average molecular weight is 289 g/mol. The summed E-state index contributed by atoms with van der Waals surface area (Å²) in [7, 11) is 0. The van der Waals surface area contributed by atoms with Gasteiger partial charge in [0.25, 0.3) is 5.91 Å². The summed E-state index contributed by atoms with van der Waals surface area (Å²) < 4.78 is 18.7. The number of nitrogens with one attached hydrogen (secondary N) is 1. The maximum atomic E-state index is 13.4. The molecule has 0 aromatic heterocycles. The van der Waals surface area contributed by atoms with Crippen LogP contribution < -0.4 is 10.1 Å². The van der Waals surface area contributed by atoms with Crippen molar-refractivity contribution < 1.29 is 19.0 Å². The van der Waals surface area contributed by atoms with Gasteiger partial charge in [0.1, 0.15) is 11.6 Å². The summed E-state index contributed by atoms with van der Waals surface area (Å²) in [5.74, 6) is -0.260. The first-order valence-electron chi connectivity index (χ1n) is 6.47. The number of benzene rings is 2. The molecule has 110 valence electrons. The molecular formula is C16H16FNO3. The molecule has 0 unspecified atom stereocenters. The van der Waals surface area contributed by atoms with Gasteiger partial charge in [-0.25, -0.2) is 4.39 Å². The van der Waals surface area contributed by atoms with Crippen molar-refractivity contribution in [2.24, 2.45) is 0 Å². The molecule has 0 saturated carbocycles. The largest absolute Gasteiger partial charge is 0.484 e. The first kappa shape index (κ1) is 15.0. The maximum Gasteiger partial charge on any atom is 0.262 e. The Labute approximate surface area is 122 Å². The van der Waals surface area contributed by atoms with Gasteiger partial charge < -0.3 is 15.2 Å². The summed E-state index contributed by atoms with van der Waals surface area (Å²) >= 11 is 0. The highest BCUT2D eigenvalue weighted by Crippen LogP contribution is 2.15. The molecule has 0 atom stereocenters. The van der Waals surface area contributed by atoms with Crippen LogP contribution in [-0.2, 0) is 11.4 Å². The number of rotatable bonds is 5. The minimum Gasteiger partial charge on any atom is -0.484 e. The minimum absolute atomic E-state index is 0.0912. The maximum absolute atomic E-state index is 13.4. The van der Waals surface area contributed by atoms with Crippen LogP contribution in [0, 0.1) is 12.7 Å². The molecule has 0 radical (unpaired) electrons. The number of aryl methyl sites for hydroxylation is 1. The number of hydrogen-bond donors (Lipinski definition) is 2. The number of aliphatic hydroxyl groups is 1. The van der Waals surface area contributed by atoms with E-state index < -0.39 is 0 Å². The molecular weight excluding hydrogens is 273 g/mol. The van der Waals surface area contributed by atoms with Gasteiger partial charge in [-0.1, -0.05) is 18.2 Å². The third-order valence-corrected chi connectivity index (χ3v) is 2.91. The second kappa shape index (κ2) is 6.85. The van der Waals surface area contributed by atoms with Gasteiger partial charge in [0.2, 0.25) is 0 Å². The number of anilines is 1. The zero-order valence-corrected chi connectivity index (χ0v) is 11.6. The quantitative estimate of drug-likeness (QED) is 0.889. The summed E-state index contributed by atoms with van der Waals surface area (Å²) in [6.07, 6.45) is 0. The molecule has 0 heterocycles. The molecule has 5 heteroatoms. The molecule has 2 rings (SSSR count). The topological polar surface area (TPSA) is 58.6 Å². The molecule has 4 nitrogen and oxygen atoms in total. The number of ether oxygens (including phenoxy) is 1. The van der Waals surface area contributed by atoms with Gasteiger partial charge in [0, 0.05) is 5.69 Å². The van der Waals surface area contributed by atoms with E-state index in [-0.39, 0.29) is 24.9 Å². The smallest absolute Gasteiger partial charge is 0.262 e. The van der Waals surface area contributed by atoms with E-state index in [0.29, 0.717) is 22.6 Å². The first-order valence-corrected chi connectivity index (χ1v) is 6.47. The summed E-state index contributed by atoms with van der Waals surface area (Å²) in [6.45, 7) is 1.37. The number of carbonyl (C=O) groups excluding carboxylic acids is 1. The van der Waals surface area contributed by atoms with Gasteiger partial charge in [0.15, 0.2) is 6.61 Å². The fourth-order valence-corrected chi connectivity index (χ4v) is 1.75. The van der Waals surface area contributed by atoms with Crippen LogP contribution in [-0.4, -0.2) is 17.6 Å². The molecule has 2 aromatic carbocycles. The number of halogens is 1. The Hall–Kier alpha value is -2.40. The van der Waals surface area contributed by atoms with Crippen LogP contribution in [0.25, 0.3) is 0 Å². The lowest BCUT2D eigenvalue weighted by atomic mass is 10.2. The molecule has 0 aliphatic rings. The van der Waals surface area contributed by atoms with Crippen LogP contribution in [0.4, 0.5) is 10.1 Å². The van der Waals surface area contributed by atoms with Gasteiger partial charge >= 0.3 is 0 Å². The highest BCUT2D eigenvalue weighted by atomic mass is 19.1. The Balaban J connectivity index is 1.91. The van der Waals surface area contributed by atoms with E-state index in [9.17, 15) is 9.18 Å². The van der Waals surface area contributed by atoms with Crippen molar-refractivity contribution in [1.29, 1.82) is 0 Å². The standard InChI is InChI=1S/C16H16FNO3/c1-11-5-6-13(8-15(11)17)18-16(20)10-21-14-4-2-3-12(7-14)9-19/h2-8,19H,9-10H2,1H3,(H,18,20).